The average Bonchev–Trinajstić information content (AvgIpc) is 3.23. The molecule has 0 spiro atoms. The third kappa shape index (κ3) is 2.67. The van der Waals surface area contributed by atoms with Gasteiger partial charge in [-0.05, 0) is 31.2 Å². The Balaban J connectivity index is 1.67. The number of aromatic nitrogens is 3. The van der Waals surface area contributed by atoms with Crippen LogP contribution in [0.25, 0.3) is 26.9 Å². The van der Waals surface area contributed by atoms with Crippen molar-refractivity contribution in [2.45, 2.75) is 13.5 Å². The van der Waals surface area contributed by atoms with E-state index in [1.807, 2.05) is 28.3 Å². The first-order chi connectivity index (χ1) is 11.6. The Kier molecular flexibility index (Phi) is 3.78. The molecule has 4 aromatic rings. The van der Waals surface area contributed by atoms with Crippen LogP contribution in [0, 0.1) is 6.92 Å². The van der Waals surface area contributed by atoms with Crippen molar-refractivity contribution < 1.29 is 13.5 Å². The van der Waals surface area contributed by atoms with Crippen LogP contribution in [0.2, 0.25) is 0 Å². The van der Waals surface area contributed by atoms with Crippen molar-refractivity contribution in [2.75, 3.05) is 0 Å². The number of aryl methyl sites for hydroxylation is 1. The van der Waals surface area contributed by atoms with Crippen molar-refractivity contribution in [1.29, 1.82) is 0 Å². The number of benzene rings is 1. The van der Waals surface area contributed by atoms with Gasteiger partial charge in [-0.3, -0.25) is 4.40 Å². The number of nitrogens with zero attached hydrogens (tertiary/aromatic N) is 3. The molecule has 8 heteroatoms. The second-order valence-electron chi connectivity index (χ2n) is 5.04. The molecule has 0 amide bonds. The predicted molar refractivity (Wildman–Crippen MR) is 91.0 cm³/mol. The summed E-state index contributed by atoms with van der Waals surface area (Å²) in [7, 11) is 0. The second kappa shape index (κ2) is 5.95. The summed E-state index contributed by atoms with van der Waals surface area (Å²) in [5, 5.41) is 4.81. The number of hydrogen-bond donors (Lipinski definition) is 0. The average molecular weight is 363 g/mol. The van der Waals surface area contributed by atoms with Gasteiger partial charge in [0.1, 0.15) is 16.5 Å². The van der Waals surface area contributed by atoms with Crippen LogP contribution in [-0.4, -0.2) is 21.0 Å². The summed E-state index contributed by atoms with van der Waals surface area (Å²) < 4.78 is 30.8. The van der Waals surface area contributed by atoms with E-state index in [-0.39, 0.29) is 5.75 Å². The molecule has 0 fully saturated rings. The molecule has 0 saturated carbocycles. The van der Waals surface area contributed by atoms with Crippen molar-refractivity contribution in [3.8, 4) is 27.7 Å². The summed E-state index contributed by atoms with van der Waals surface area (Å²) >= 11 is 3.11. The fourth-order valence-corrected chi connectivity index (χ4v) is 4.15. The topological polar surface area (TPSA) is 39.4 Å². The minimum Gasteiger partial charge on any atom is -0.435 e. The van der Waals surface area contributed by atoms with Gasteiger partial charge in [-0.1, -0.05) is 0 Å². The number of hydrogen-bond acceptors (Lipinski definition) is 5. The van der Waals surface area contributed by atoms with E-state index in [1.165, 1.54) is 23.5 Å². The Labute approximate surface area is 144 Å². The molecular formula is C16H11F2N3OS2. The first-order valence-corrected chi connectivity index (χ1v) is 8.81. The van der Waals surface area contributed by atoms with Gasteiger partial charge in [0.15, 0.2) is 4.96 Å². The Morgan fingerprint density at radius 1 is 1.12 bits per heavy atom. The molecule has 0 atom stereocenters. The summed E-state index contributed by atoms with van der Waals surface area (Å²) in [5.41, 5.74) is 3.56. The van der Waals surface area contributed by atoms with Gasteiger partial charge in [0.2, 0.25) is 0 Å². The van der Waals surface area contributed by atoms with Gasteiger partial charge in [0.25, 0.3) is 0 Å². The largest absolute Gasteiger partial charge is 0.435 e. The van der Waals surface area contributed by atoms with E-state index in [4.69, 9.17) is 0 Å². The SMILES string of the molecule is Cc1nc2sccn2c1-c1nc(-c2ccc(OC(F)F)cc2)cs1. The first kappa shape index (κ1) is 15.2. The van der Waals surface area contributed by atoms with Crippen molar-refractivity contribution >= 4 is 27.6 Å². The maximum atomic E-state index is 12.2. The van der Waals surface area contributed by atoms with Gasteiger partial charge < -0.3 is 4.74 Å². The molecule has 0 radical (unpaired) electrons. The number of rotatable bonds is 4. The lowest BCUT2D eigenvalue weighted by atomic mass is 10.2. The highest BCUT2D eigenvalue weighted by atomic mass is 32.1. The van der Waals surface area contributed by atoms with Gasteiger partial charge >= 0.3 is 6.61 Å². The van der Waals surface area contributed by atoms with E-state index in [0.29, 0.717) is 0 Å². The van der Waals surface area contributed by atoms with Crippen molar-refractivity contribution in [2.24, 2.45) is 0 Å². The minimum atomic E-state index is -2.82. The summed E-state index contributed by atoms with van der Waals surface area (Å²) in [5.74, 6) is 0.135. The zero-order chi connectivity index (χ0) is 16.7. The summed E-state index contributed by atoms with van der Waals surface area (Å²) in [6.07, 6.45) is 1.98. The predicted octanol–water partition coefficient (Wildman–Crippen LogP) is 5.10. The molecule has 3 aromatic heterocycles. The zero-order valence-electron chi connectivity index (χ0n) is 12.4. The number of alkyl halides is 2. The van der Waals surface area contributed by atoms with Crippen LogP contribution in [0.1, 0.15) is 5.69 Å². The minimum absolute atomic E-state index is 0.135. The third-order valence-electron chi connectivity index (χ3n) is 3.52. The highest BCUT2D eigenvalue weighted by Gasteiger charge is 2.16. The van der Waals surface area contributed by atoms with Crippen LogP contribution in [0.15, 0.2) is 41.2 Å². The summed E-state index contributed by atoms with van der Waals surface area (Å²) in [6, 6.07) is 6.48. The molecule has 3 heterocycles. The fraction of sp³-hybridized carbons (Fsp3) is 0.125. The lowest BCUT2D eigenvalue weighted by Gasteiger charge is -2.04. The van der Waals surface area contributed by atoms with E-state index < -0.39 is 6.61 Å². The maximum absolute atomic E-state index is 12.2. The number of imidazole rings is 1. The molecule has 0 aliphatic heterocycles. The molecule has 0 bridgehead atoms. The van der Waals surface area contributed by atoms with E-state index in [2.05, 4.69) is 14.7 Å². The molecule has 4 rings (SSSR count). The molecule has 0 aliphatic carbocycles. The van der Waals surface area contributed by atoms with E-state index in [1.54, 1.807) is 23.5 Å². The Morgan fingerprint density at radius 2 is 1.92 bits per heavy atom. The summed E-state index contributed by atoms with van der Waals surface area (Å²) in [6.45, 7) is -0.855. The molecule has 0 aliphatic rings. The molecule has 4 nitrogen and oxygen atoms in total. The van der Waals surface area contributed by atoms with Crippen LogP contribution in [0.5, 0.6) is 5.75 Å². The Morgan fingerprint density at radius 3 is 2.67 bits per heavy atom. The van der Waals surface area contributed by atoms with Crippen LogP contribution in [-0.2, 0) is 0 Å². The van der Waals surface area contributed by atoms with Gasteiger partial charge in [0, 0.05) is 22.5 Å². The van der Waals surface area contributed by atoms with Gasteiger partial charge in [-0.25, -0.2) is 9.97 Å². The van der Waals surface area contributed by atoms with Gasteiger partial charge in [-0.2, -0.15) is 8.78 Å². The summed E-state index contributed by atoms with van der Waals surface area (Å²) in [4.78, 5) is 10.1. The van der Waals surface area contributed by atoms with Crippen LogP contribution < -0.4 is 4.74 Å². The molecule has 0 N–H and O–H groups in total. The lowest BCUT2D eigenvalue weighted by Crippen LogP contribution is -2.01. The Hall–Kier alpha value is -2.32. The lowest BCUT2D eigenvalue weighted by molar-refractivity contribution is -0.0498. The van der Waals surface area contributed by atoms with Gasteiger partial charge in [-0.15, -0.1) is 22.7 Å². The van der Waals surface area contributed by atoms with Crippen molar-refractivity contribution in [3.05, 3.63) is 46.9 Å². The van der Waals surface area contributed by atoms with E-state index >= 15 is 0 Å². The third-order valence-corrected chi connectivity index (χ3v) is 5.12. The smallest absolute Gasteiger partial charge is 0.387 e. The molecule has 1 aromatic carbocycles. The molecule has 0 saturated heterocycles. The zero-order valence-corrected chi connectivity index (χ0v) is 14.1. The van der Waals surface area contributed by atoms with Crippen LogP contribution in [0.4, 0.5) is 8.78 Å². The number of halogens is 2. The number of fused-ring (bicyclic) bond motifs is 1. The highest BCUT2D eigenvalue weighted by Crippen LogP contribution is 2.33. The van der Waals surface area contributed by atoms with E-state index in [9.17, 15) is 8.78 Å². The molecule has 0 unspecified atom stereocenters. The van der Waals surface area contributed by atoms with Crippen LogP contribution >= 0.6 is 22.7 Å². The molecule has 122 valence electrons. The molecular weight excluding hydrogens is 352 g/mol. The Bertz CT molecular complexity index is 989. The van der Waals surface area contributed by atoms with Crippen molar-refractivity contribution in [3.63, 3.8) is 0 Å². The maximum Gasteiger partial charge on any atom is 0.387 e. The number of ether oxygens (including phenoxy) is 1. The standard InChI is InChI=1S/C16H11F2N3OS2/c1-9-13(21-6-7-23-16(21)19-9)14-20-12(8-24-14)10-2-4-11(5-3-10)22-15(17)18/h2-8,15H,1H3. The normalized spacial score (nSPS) is 11.5. The van der Waals surface area contributed by atoms with Gasteiger partial charge in [0.05, 0.1) is 11.4 Å². The van der Waals surface area contributed by atoms with Crippen molar-refractivity contribution in [1.82, 2.24) is 14.4 Å². The molecule has 24 heavy (non-hydrogen) atoms. The van der Waals surface area contributed by atoms with Crippen LogP contribution in [0.3, 0.4) is 0 Å². The number of thiazole rings is 2. The highest BCUT2D eigenvalue weighted by molar-refractivity contribution is 7.15. The first-order valence-electron chi connectivity index (χ1n) is 7.05. The van der Waals surface area contributed by atoms with E-state index in [0.717, 1.165) is 32.6 Å². The quantitative estimate of drug-likeness (QED) is 0.507. The second-order valence-corrected chi connectivity index (χ2v) is 6.77. The fourth-order valence-electron chi connectivity index (χ4n) is 2.47. The monoisotopic (exact) mass is 363 g/mol.